The first-order valence-electron chi connectivity index (χ1n) is 5.25. The van der Waals surface area contributed by atoms with Crippen LogP contribution in [0.2, 0.25) is 0 Å². The van der Waals surface area contributed by atoms with Gasteiger partial charge in [0.15, 0.2) is 0 Å². The SMILES string of the molecule is CC1(Nc2ccc(N)cn2)CCCOC1. The topological polar surface area (TPSA) is 60.2 Å². The molecular formula is C11H17N3O. The molecule has 0 aromatic carbocycles. The predicted molar refractivity (Wildman–Crippen MR) is 60.7 cm³/mol. The number of anilines is 2. The third kappa shape index (κ3) is 2.59. The second-order valence-electron chi connectivity index (χ2n) is 4.32. The van der Waals surface area contributed by atoms with Crippen molar-refractivity contribution in [3.05, 3.63) is 18.3 Å². The molecule has 1 aromatic rings. The van der Waals surface area contributed by atoms with E-state index in [0.717, 1.165) is 31.9 Å². The van der Waals surface area contributed by atoms with E-state index in [0.29, 0.717) is 5.69 Å². The highest BCUT2D eigenvalue weighted by atomic mass is 16.5. The average Bonchev–Trinajstić information content (AvgIpc) is 2.22. The molecule has 2 rings (SSSR count). The minimum absolute atomic E-state index is 0.00135. The Balaban J connectivity index is 2.03. The van der Waals surface area contributed by atoms with Crippen LogP contribution in [0.3, 0.4) is 0 Å². The number of nitrogens with zero attached hydrogens (tertiary/aromatic N) is 1. The molecule has 0 aliphatic carbocycles. The van der Waals surface area contributed by atoms with Gasteiger partial charge in [0.2, 0.25) is 0 Å². The largest absolute Gasteiger partial charge is 0.397 e. The smallest absolute Gasteiger partial charge is 0.126 e. The Kier molecular flexibility index (Phi) is 2.77. The van der Waals surface area contributed by atoms with Gasteiger partial charge in [-0.3, -0.25) is 0 Å². The molecule has 1 unspecified atom stereocenters. The van der Waals surface area contributed by atoms with Crippen LogP contribution in [0.5, 0.6) is 0 Å². The molecule has 0 spiro atoms. The number of nitrogen functional groups attached to an aromatic ring is 1. The third-order valence-electron chi connectivity index (χ3n) is 2.65. The van der Waals surface area contributed by atoms with Crippen molar-refractivity contribution in [2.24, 2.45) is 0 Å². The molecule has 15 heavy (non-hydrogen) atoms. The number of hydrogen-bond acceptors (Lipinski definition) is 4. The van der Waals surface area contributed by atoms with Gasteiger partial charge in [-0.1, -0.05) is 0 Å². The summed E-state index contributed by atoms with van der Waals surface area (Å²) in [4.78, 5) is 4.23. The Morgan fingerprint density at radius 2 is 2.40 bits per heavy atom. The Morgan fingerprint density at radius 1 is 1.53 bits per heavy atom. The molecular weight excluding hydrogens is 190 g/mol. The average molecular weight is 207 g/mol. The molecule has 1 fully saturated rings. The molecule has 1 aromatic heterocycles. The van der Waals surface area contributed by atoms with E-state index in [1.165, 1.54) is 0 Å². The van der Waals surface area contributed by atoms with Gasteiger partial charge in [0.25, 0.3) is 0 Å². The van der Waals surface area contributed by atoms with Crippen LogP contribution in [0.25, 0.3) is 0 Å². The predicted octanol–water partition coefficient (Wildman–Crippen LogP) is 1.64. The van der Waals surface area contributed by atoms with Crippen molar-refractivity contribution in [1.29, 1.82) is 0 Å². The second kappa shape index (κ2) is 4.06. The number of rotatable bonds is 2. The quantitative estimate of drug-likeness (QED) is 0.774. The summed E-state index contributed by atoms with van der Waals surface area (Å²) in [5.41, 5.74) is 6.26. The lowest BCUT2D eigenvalue weighted by Crippen LogP contribution is -2.43. The molecule has 1 saturated heterocycles. The van der Waals surface area contributed by atoms with Crippen LogP contribution in [-0.4, -0.2) is 23.7 Å². The molecule has 0 saturated carbocycles. The number of nitrogens with two attached hydrogens (primary N) is 1. The lowest BCUT2D eigenvalue weighted by atomic mass is 9.95. The summed E-state index contributed by atoms with van der Waals surface area (Å²) in [7, 11) is 0. The summed E-state index contributed by atoms with van der Waals surface area (Å²) in [6, 6.07) is 3.75. The van der Waals surface area contributed by atoms with Gasteiger partial charge in [-0.2, -0.15) is 0 Å². The van der Waals surface area contributed by atoms with E-state index in [9.17, 15) is 0 Å². The number of ether oxygens (including phenoxy) is 1. The third-order valence-corrected chi connectivity index (χ3v) is 2.65. The van der Waals surface area contributed by atoms with Crippen LogP contribution < -0.4 is 11.1 Å². The molecule has 0 radical (unpaired) electrons. The summed E-state index contributed by atoms with van der Waals surface area (Å²) >= 11 is 0. The van der Waals surface area contributed by atoms with Crippen LogP contribution >= 0.6 is 0 Å². The van der Waals surface area contributed by atoms with Crippen LogP contribution in [-0.2, 0) is 4.74 Å². The van der Waals surface area contributed by atoms with Crippen LogP contribution in [0.1, 0.15) is 19.8 Å². The molecule has 1 atom stereocenters. The van der Waals surface area contributed by atoms with Gasteiger partial charge < -0.3 is 15.8 Å². The Morgan fingerprint density at radius 3 is 3.00 bits per heavy atom. The first kappa shape index (κ1) is 10.2. The Labute approximate surface area is 89.8 Å². The fraction of sp³-hybridized carbons (Fsp3) is 0.545. The van der Waals surface area contributed by atoms with Crippen molar-refractivity contribution < 1.29 is 4.74 Å². The van der Waals surface area contributed by atoms with Gasteiger partial charge in [0.05, 0.1) is 24.0 Å². The maximum absolute atomic E-state index is 5.58. The van der Waals surface area contributed by atoms with E-state index < -0.39 is 0 Å². The van der Waals surface area contributed by atoms with Gasteiger partial charge in [-0.25, -0.2) is 4.98 Å². The van der Waals surface area contributed by atoms with Crippen molar-refractivity contribution in [2.45, 2.75) is 25.3 Å². The van der Waals surface area contributed by atoms with Crippen molar-refractivity contribution in [3.8, 4) is 0 Å². The van der Waals surface area contributed by atoms with Gasteiger partial charge in [0.1, 0.15) is 5.82 Å². The number of nitrogens with one attached hydrogen (secondary N) is 1. The Hall–Kier alpha value is -1.29. The lowest BCUT2D eigenvalue weighted by molar-refractivity contribution is 0.0539. The zero-order valence-electron chi connectivity index (χ0n) is 8.99. The molecule has 1 aliphatic rings. The molecule has 1 aliphatic heterocycles. The Bertz CT molecular complexity index is 317. The van der Waals surface area contributed by atoms with Gasteiger partial charge in [0, 0.05) is 6.61 Å². The standard InChI is InChI=1S/C11H17N3O/c1-11(5-2-6-15-8-11)14-10-4-3-9(12)7-13-10/h3-4,7H,2,5-6,8,12H2,1H3,(H,13,14). The number of pyridine rings is 1. The lowest BCUT2D eigenvalue weighted by Gasteiger charge is -2.34. The molecule has 82 valence electrons. The van der Waals surface area contributed by atoms with Crippen molar-refractivity contribution in [3.63, 3.8) is 0 Å². The fourth-order valence-corrected chi connectivity index (χ4v) is 1.82. The highest BCUT2D eigenvalue weighted by Crippen LogP contribution is 2.23. The van der Waals surface area contributed by atoms with Gasteiger partial charge in [-0.15, -0.1) is 0 Å². The summed E-state index contributed by atoms with van der Waals surface area (Å²) in [5.74, 6) is 0.859. The van der Waals surface area contributed by atoms with E-state index in [-0.39, 0.29) is 5.54 Å². The molecule has 2 heterocycles. The maximum Gasteiger partial charge on any atom is 0.126 e. The second-order valence-corrected chi connectivity index (χ2v) is 4.32. The van der Waals surface area contributed by atoms with E-state index in [1.807, 2.05) is 12.1 Å². The molecule has 4 nitrogen and oxygen atoms in total. The minimum atomic E-state index is 0.00135. The summed E-state index contributed by atoms with van der Waals surface area (Å²) in [6.07, 6.45) is 3.87. The molecule has 0 amide bonds. The minimum Gasteiger partial charge on any atom is -0.397 e. The maximum atomic E-state index is 5.58. The summed E-state index contributed by atoms with van der Waals surface area (Å²) in [6.45, 7) is 3.76. The monoisotopic (exact) mass is 207 g/mol. The first-order valence-corrected chi connectivity index (χ1v) is 5.25. The van der Waals surface area contributed by atoms with Crippen LogP contribution in [0.4, 0.5) is 11.5 Å². The zero-order valence-corrected chi connectivity index (χ0v) is 8.99. The van der Waals surface area contributed by atoms with Crippen molar-refractivity contribution >= 4 is 11.5 Å². The van der Waals surface area contributed by atoms with E-state index >= 15 is 0 Å². The summed E-state index contributed by atoms with van der Waals surface area (Å²) in [5, 5.41) is 3.39. The molecule has 4 heteroatoms. The van der Waals surface area contributed by atoms with Crippen LogP contribution in [0, 0.1) is 0 Å². The molecule has 0 bridgehead atoms. The zero-order chi connectivity index (χ0) is 10.7. The number of aromatic nitrogens is 1. The number of hydrogen-bond donors (Lipinski definition) is 2. The molecule has 3 N–H and O–H groups in total. The van der Waals surface area contributed by atoms with E-state index in [2.05, 4.69) is 17.2 Å². The van der Waals surface area contributed by atoms with Gasteiger partial charge >= 0.3 is 0 Å². The van der Waals surface area contributed by atoms with E-state index in [1.54, 1.807) is 6.20 Å². The van der Waals surface area contributed by atoms with Crippen molar-refractivity contribution in [1.82, 2.24) is 4.98 Å². The fourth-order valence-electron chi connectivity index (χ4n) is 1.82. The van der Waals surface area contributed by atoms with Crippen molar-refractivity contribution in [2.75, 3.05) is 24.3 Å². The summed E-state index contributed by atoms with van der Waals surface area (Å²) < 4.78 is 5.47. The van der Waals surface area contributed by atoms with E-state index in [4.69, 9.17) is 10.5 Å². The normalized spacial score (nSPS) is 26.2. The van der Waals surface area contributed by atoms with Gasteiger partial charge in [-0.05, 0) is 31.9 Å². The first-order chi connectivity index (χ1) is 7.18. The highest BCUT2D eigenvalue weighted by Gasteiger charge is 2.27. The highest BCUT2D eigenvalue weighted by molar-refractivity contribution is 5.45. The van der Waals surface area contributed by atoms with Crippen LogP contribution in [0.15, 0.2) is 18.3 Å².